The van der Waals surface area contributed by atoms with Crippen molar-refractivity contribution in [2.45, 2.75) is 31.7 Å². The maximum absolute atomic E-state index is 6.24. The Kier molecular flexibility index (Phi) is 3.50. The van der Waals surface area contributed by atoms with Crippen LogP contribution < -0.4 is 15.2 Å². The van der Waals surface area contributed by atoms with Crippen LogP contribution in [0.5, 0.6) is 11.5 Å². The summed E-state index contributed by atoms with van der Waals surface area (Å²) >= 11 is 6.24. The van der Waals surface area contributed by atoms with Gasteiger partial charge in [-0.1, -0.05) is 11.6 Å². The van der Waals surface area contributed by atoms with E-state index in [1.165, 1.54) is 0 Å². The number of methoxy groups -OCH3 is 1. The molecule has 0 spiro atoms. The zero-order chi connectivity index (χ0) is 12.5. The summed E-state index contributed by atoms with van der Waals surface area (Å²) in [6.07, 6.45) is 2.84. The minimum atomic E-state index is -0.0954. The fourth-order valence-electron chi connectivity index (χ4n) is 1.90. The monoisotopic (exact) mass is 255 g/mol. The molecule has 2 rings (SSSR count). The molecule has 0 amide bonds. The lowest BCUT2D eigenvalue weighted by atomic mass is 10.0. The molecule has 1 aromatic rings. The molecule has 0 atom stereocenters. The van der Waals surface area contributed by atoms with Crippen LogP contribution >= 0.6 is 11.6 Å². The Morgan fingerprint density at radius 1 is 1.41 bits per heavy atom. The summed E-state index contributed by atoms with van der Waals surface area (Å²) in [5.41, 5.74) is 7.02. The summed E-state index contributed by atoms with van der Waals surface area (Å²) in [5, 5.41) is 0.700. The Balaban J connectivity index is 2.38. The van der Waals surface area contributed by atoms with E-state index in [0.29, 0.717) is 11.6 Å². The first-order valence-electron chi connectivity index (χ1n) is 5.86. The van der Waals surface area contributed by atoms with Crippen molar-refractivity contribution in [1.82, 2.24) is 0 Å². The summed E-state index contributed by atoms with van der Waals surface area (Å²) in [5.74, 6) is 1.45. The second-order valence-corrected chi connectivity index (χ2v) is 4.94. The molecule has 0 bridgehead atoms. The lowest BCUT2D eigenvalue weighted by Crippen LogP contribution is -2.25. The average Bonchev–Trinajstić information content (AvgIpc) is 3.02. The molecule has 0 radical (unpaired) electrons. The Morgan fingerprint density at radius 3 is 2.65 bits per heavy atom. The van der Waals surface area contributed by atoms with Crippen LogP contribution in [0.2, 0.25) is 5.02 Å². The van der Waals surface area contributed by atoms with Crippen molar-refractivity contribution in [2.75, 3.05) is 13.7 Å². The number of rotatable bonds is 5. The Bertz CT molecular complexity index is 416. The zero-order valence-corrected chi connectivity index (χ0v) is 11.0. The van der Waals surface area contributed by atoms with Gasteiger partial charge in [0.15, 0.2) is 11.5 Å². The van der Waals surface area contributed by atoms with Gasteiger partial charge in [-0.2, -0.15) is 0 Å². The number of hydrogen-bond donors (Lipinski definition) is 1. The predicted octanol–water partition coefficient (Wildman–Crippen LogP) is 2.78. The van der Waals surface area contributed by atoms with E-state index < -0.39 is 0 Å². The third-order valence-electron chi connectivity index (χ3n) is 3.10. The van der Waals surface area contributed by atoms with Gasteiger partial charge in [0, 0.05) is 16.1 Å². The number of ether oxygens (including phenoxy) is 2. The summed E-state index contributed by atoms with van der Waals surface area (Å²) in [4.78, 5) is 0. The molecule has 0 unspecified atom stereocenters. The van der Waals surface area contributed by atoms with Crippen LogP contribution in [-0.4, -0.2) is 19.3 Å². The summed E-state index contributed by atoms with van der Waals surface area (Å²) in [6, 6.07) is 3.66. The molecule has 1 aliphatic carbocycles. The van der Waals surface area contributed by atoms with E-state index >= 15 is 0 Å². The van der Waals surface area contributed by atoms with Gasteiger partial charge >= 0.3 is 0 Å². The smallest absolute Gasteiger partial charge is 0.165 e. The highest BCUT2D eigenvalue weighted by molar-refractivity contribution is 6.31. The fourth-order valence-corrected chi connectivity index (χ4v) is 2.12. The van der Waals surface area contributed by atoms with E-state index in [0.717, 1.165) is 36.3 Å². The molecule has 0 aromatic heterocycles. The van der Waals surface area contributed by atoms with Gasteiger partial charge in [0.2, 0.25) is 0 Å². The summed E-state index contributed by atoms with van der Waals surface area (Å²) in [6.45, 7) is 2.53. The number of benzene rings is 1. The molecule has 17 heavy (non-hydrogen) atoms. The van der Waals surface area contributed by atoms with Gasteiger partial charge in [0.25, 0.3) is 0 Å². The van der Waals surface area contributed by atoms with Crippen molar-refractivity contribution in [2.24, 2.45) is 5.73 Å². The van der Waals surface area contributed by atoms with Crippen molar-refractivity contribution in [3.8, 4) is 11.5 Å². The average molecular weight is 256 g/mol. The van der Waals surface area contributed by atoms with E-state index in [9.17, 15) is 0 Å². The second kappa shape index (κ2) is 4.75. The van der Waals surface area contributed by atoms with E-state index in [4.69, 9.17) is 26.8 Å². The molecule has 1 aliphatic rings. The van der Waals surface area contributed by atoms with Gasteiger partial charge < -0.3 is 15.2 Å². The van der Waals surface area contributed by atoms with Crippen molar-refractivity contribution >= 4 is 11.6 Å². The van der Waals surface area contributed by atoms with Crippen LogP contribution in [-0.2, 0) is 6.42 Å². The summed E-state index contributed by atoms with van der Waals surface area (Å²) < 4.78 is 11.0. The van der Waals surface area contributed by atoms with Gasteiger partial charge in [-0.15, -0.1) is 0 Å². The van der Waals surface area contributed by atoms with Crippen LogP contribution in [0.1, 0.15) is 25.3 Å². The molecule has 1 fully saturated rings. The van der Waals surface area contributed by atoms with E-state index in [1.54, 1.807) is 7.11 Å². The minimum absolute atomic E-state index is 0.0954. The van der Waals surface area contributed by atoms with Crippen LogP contribution in [0.25, 0.3) is 0 Å². The first kappa shape index (κ1) is 12.5. The second-order valence-electron chi connectivity index (χ2n) is 4.53. The highest BCUT2D eigenvalue weighted by Crippen LogP contribution is 2.43. The SMILES string of the molecule is CCOc1c(OC)ccc(Cl)c1CC1(N)CC1. The standard InChI is InChI=1S/C13H18ClNO2/c1-3-17-12-9(8-13(15)6-7-13)10(14)4-5-11(12)16-2/h4-5H,3,6-8,15H2,1-2H3. The third-order valence-corrected chi connectivity index (χ3v) is 3.45. The van der Waals surface area contributed by atoms with Gasteiger partial charge in [-0.3, -0.25) is 0 Å². The Morgan fingerprint density at radius 2 is 2.12 bits per heavy atom. The molecule has 1 aromatic carbocycles. The number of halogens is 1. The maximum Gasteiger partial charge on any atom is 0.165 e. The van der Waals surface area contributed by atoms with Crippen molar-refractivity contribution in [1.29, 1.82) is 0 Å². The quantitative estimate of drug-likeness (QED) is 0.880. The van der Waals surface area contributed by atoms with Crippen molar-refractivity contribution in [3.63, 3.8) is 0 Å². The van der Waals surface area contributed by atoms with Crippen LogP contribution in [0.4, 0.5) is 0 Å². The zero-order valence-electron chi connectivity index (χ0n) is 10.3. The van der Waals surface area contributed by atoms with Crippen molar-refractivity contribution in [3.05, 3.63) is 22.7 Å². The highest BCUT2D eigenvalue weighted by atomic mass is 35.5. The van der Waals surface area contributed by atoms with Gasteiger partial charge in [-0.25, -0.2) is 0 Å². The first-order chi connectivity index (χ1) is 8.09. The number of hydrogen-bond acceptors (Lipinski definition) is 3. The molecular weight excluding hydrogens is 238 g/mol. The molecule has 1 saturated carbocycles. The highest BCUT2D eigenvalue weighted by Gasteiger charge is 2.39. The van der Waals surface area contributed by atoms with Crippen LogP contribution in [0.3, 0.4) is 0 Å². The Labute approximate surface area is 107 Å². The largest absolute Gasteiger partial charge is 0.493 e. The number of nitrogens with two attached hydrogens (primary N) is 1. The van der Waals surface area contributed by atoms with Crippen LogP contribution in [0, 0.1) is 0 Å². The molecule has 94 valence electrons. The molecule has 2 N–H and O–H groups in total. The summed E-state index contributed by atoms with van der Waals surface area (Å²) in [7, 11) is 1.63. The molecule has 0 heterocycles. The molecule has 4 heteroatoms. The van der Waals surface area contributed by atoms with E-state index in [2.05, 4.69) is 0 Å². The fraction of sp³-hybridized carbons (Fsp3) is 0.538. The normalized spacial score (nSPS) is 16.7. The van der Waals surface area contributed by atoms with Gasteiger partial charge in [0.1, 0.15) is 0 Å². The van der Waals surface area contributed by atoms with E-state index in [1.807, 2.05) is 19.1 Å². The molecular formula is C13H18ClNO2. The topological polar surface area (TPSA) is 44.5 Å². The third kappa shape index (κ3) is 2.67. The Hall–Kier alpha value is -0.930. The lowest BCUT2D eigenvalue weighted by Gasteiger charge is -2.18. The molecule has 0 saturated heterocycles. The van der Waals surface area contributed by atoms with E-state index in [-0.39, 0.29) is 5.54 Å². The van der Waals surface area contributed by atoms with Crippen molar-refractivity contribution < 1.29 is 9.47 Å². The van der Waals surface area contributed by atoms with Gasteiger partial charge in [-0.05, 0) is 38.3 Å². The minimum Gasteiger partial charge on any atom is -0.493 e. The van der Waals surface area contributed by atoms with Crippen LogP contribution in [0.15, 0.2) is 12.1 Å². The molecule has 0 aliphatic heterocycles. The maximum atomic E-state index is 6.24. The molecule has 3 nitrogen and oxygen atoms in total. The van der Waals surface area contributed by atoms with Gasteiger partial charge in [0.05, 0.1) is 13.7 Å². The lowest BCUT2D eigenvalue weighted by molar-refractivity contribution is 0.306. The first-order valence-corrected chi connectivity index (χ1v) is 6.24. The predicted molar refractivity (Wildman–Crippen MR) is 69.0 cm³/mol.